The lowest BCUT2D eigenvalue weighted by Gasteiger charge is -2.20. The van der Waals surface area contributed by atoms with Gasteiger partial charge in [0.2, 0.25) is 5.91 Å². The van der Waals surface area contributed by atoms with Crippen molar-refractivity contribution in [1.82, 2.24) is 9.78 Å². The van der Waals surface area contributed by atoms with Crippen molar-refractivity contribution in [3.05, 3.63) is 48.2 Å². The van der Waals surface area contributed by atoms with Gasteiger partial charge in [-0.3, -0.25) is 14.3 Å². The number of hydrogen-bond acceptors (Lipinski definition) is 3. The number of benzene rings is 1. The van der Waals surface area contributed by atoms with E-state index in [1.54, 1.807) is 6.07 Å². The average Bonchev–Trinajstić information content (AvgIpc) is 2.90. The molecule has 24 heavy (non-hydrogen) atoms. The molecule has 0 saturated carbocycles. The van der Waals surface area contributed by atoms with E-state index >= 15 is 0 Å². The summed E-state index contributed by atoms with van der Waals surface area (Å²) in [6.07, 6.45) is -4.05. The van der Waals surface area contributed by atoms with Gasteiger partial charge < -0.3 is 10.4 Å². The van der Waals surface area contributed by atoms with E-state index < -0.39 is 36.9 Å². The van der Waals surface area contributed by atoms with E-state index in [1.807, 2.05) is 0 Å². The highest BCUT2D eigenvalue weighted by molar-refractivity contribution is 5.90. The molecular weight excluding hydrogens is 327 g/mol. The Bertz CT molecular complexity index is 713. The number of nitrogens with one attached hydrogen (secondary N) is 1. The summed E-state index contributed by atoms with van der Waals surface area (Å²) in [5.74, 6) is -3.92. The summed E-state index contributed by atoms with van der Waals surface area (Å²) in [7, 11) is 0. The Labute approximate surface area is 134 Å². The maximum absolute atomic E-state index is 13.2. The third-order valence-corrected chi connectivity index (χ3v) is 3.19. The van der Waals surface area contributed by atoms with Crippen molar-refractivity contribution in [2.45, 2.75) is 25.1 Å². The van der Waals surface area contributed by atoms with E-state index in [9.17, 15) is 22.8 Å². The molecular formula is C15H14F3N3O3. The van der Waals surface area contributed by atoms with E-state index in [0.717, 1.165) is 4.68 Å². The number of carboxylic acid groups (broad SMARTS) is 1. The Morgan fingerprint density at radius 3 is 2.46 bits per heavy atom. The van der Waals surface area contributed by atoms with Crippen LogP contribution in [0.4, 0.5) is 19.0 Å². The quantitative estimate of drug-likeness (QED) is 0.846. The first-order valence-corrected chi connectivity index (χ1v) is 6.92. The molecule has 1 amide bonds. The van der Waals surface area contributed by atoms with Gasteiger partial charge in [-0.15, -0.1) is 0 Å². The highest BCUT2D eigenvalue weighted by atomic mass is 19.4. The third-order valence-electron chi connectivity index (χ3n) is 3.19. The number of anilines is 1. The first-order chi connectivity index (χ1) is 11.3. The number of carbonyl (C=O) groups excluding carboxylic acids is 1. The fourth-order valence-electron chi connectivity index (χ4n) is 2.14. The zero-order valence-electron chi connectivity index (χ0n) is 12.3. The van der Waals surface area contributed by atoms with Gasteiger partial charge in [0.15, 0.2) is 5.82 Å². The van der Waals surface area contributed by atoms with Gasteiger partial charge in [0.05, 0.1) is 5.92 Å². The number of carbonyl (C=O) groups is 2. The number of aromatic nitrogens is 2. The van der Waals surface area contributed by atoms with Crippen molar-refractivity contribution in [2.75, 3.05) is 5.32 Å². The third kappa shape index (κ3) is 4.83. The van der Waals surface area contributed by atoms with Gasteiger partial charge in [-0.05, 0) is 5.56 Å². The van der Waals surface area contributed by atoms with Crippen LogP contribution in [0, 0.1) is 0 Å². The van der Waals surface area contributed by atoms with Crippen molar-refractivity contribution >= 4 is 17.7 Å². The van der Waals surface area contributed by atoms with Crippen molar-refractivity contribution in [1.29, 1.82) is 0 Å². The lowest BCUT2D eigenvalue weighted by molar-refractivity contribution is -0.156. The molecule has 0 spiro atoms. The number of carboxylic acids is 1. The van der Waals surface area contributed by atoms with Gasteiger partial charge in [-0.1, -0.05) is 30.3 Å². The van der Waals surface area contributed by atoms with Gasteiger partial charge in [0, 0.05) is 18.7 Å². The summed E-state index contributed by atoms with van der Waals surface area (Å²) in [6, 6.07) is 8.47. The maximum atomic E-state index is 13.2. The van der Waals surface area contributed by atoms with Gasteiger partial charge in [-0.25, -0.2) is 0 Å². The number of alkyl halides is 3. The topological polar surface area (TPSA) is 84.2 Å². The summed E-state index contributed by atoms with van der Waals surface area (Å²) in [5, 5.41) is 14.6. The Morgan fingerprint density at radius 1 is 1.21 bits per heavy atom. The Morgan fingerprint density at radius 2 is 1.88 bits per heavy atom. The number of rotatable bonds is 6. The minimum Gasteiger partial charge on any atom is -0.480 e. The predicted molar refractivity (Wildman–Crippen MR) is 78.3 cm³/mol. The number of hydrogen-bond donors (Lipinski definition) is 2. The van der Waals surface area contributed by atoms with E-state index in [-0.39, 0.29) is 11.4 Å². The second-order valence-electron chi connectivity index (χ2n) is 5.05. The molecule has 0 aliphatic heterocycles. The number of halogens is 3. The first kappa shape index (κ1) is 17.5. The molecule has 2 N–H and O–H groups in total. The van der Waals surface area contributed by atoms with Crippen LogP contribution in [0.15, 0.2) is 42.6 Å². The van der Waals surface area contributed by atoms with Crippen LogP contribution in [0.5, 0.6) is 0 Å². The van der Waals surface area contributed by atoms with Crippen LogP contribution in [0.2, 0.25) is 0 Å². The number of aliphatic carboxylic acids is 1. The van der Waals surface area contributed by atoms with E-state index in [2.05, 4.69) is 10.4 Å². The molecule has 2 rings (SSSR count). The lowest BCUT2D eigenvalue weighted by atomic mass is 9.95. The van der Waals surface area contributed by atoms with Crippen molar-refractivity contribution < 1.29 is 27.9 Å². The Balaban J connectivity index is 2.06. The molecule has 6 nitrogen and oxygen atoms in total. The Kier molecular flexibility index (Phi) is 5.22. The molecule has 1 aromatic carbocycles. The van der Waals surface area contributed by atoms with Gasteiger partial charge in [0.1, 0.15) is 6.54 Å². The molecule has 0 aliphatic carbocycles. The average molecular weight is 341 g/mol. The summed E-state index contributed by atoms with van der Waals surface area (Å²) in [6.45, 7) is -0.412. The summed E-state index contributed by atoms with van der Waals surface area (Å²) in [5.41, 5.74) is -0.00319. The lowest BCUT2D eigenvalue weighted by Crippen LogP contribution is -2.26. The van der Waals surface area contributed by atoms with E-state index in [1.165, 1.54) is 36.5 Å². The first-order valence-electron chi connectivity index (χ1n) is 6.92. The van der Waals surface area contributed by atoms with Crippen LogP contribution >= 0.6 is 0 Å². The van der Waals surface area contributed by atoms with Gasteiger partial charge in [0.25, 0.3) is 0 Å². The molecule has 9 heteroatoms. The van der Waals surface area contributed by atoms with Crippen molar-refractivity contribution in [2.24, 2.45) is 0 Å². The molecule has 2 aromatic rings. The van der Waals surface area contributed by atoms with Crippen LogP contribution in [0.1, 0.15) is 17.9 Å². The van der Waals surface area contributed by atoms with Crippen LogP contribution in [0.25, 0.3) is 0 Å². The zero-order valence-corrected chi connectivity index (χ0v) is 12.3. The normalized spacial score (nSPS) is 12.6. The zero-order chi connectivity index (χ0) is 17.7. The molecule has 0 bridgehead atoms. The van der Waals surface area contributed by atoms with Crippen LogP contribution in [-0.4, -0.2) is 32.9 Å². The summed E-state index contributed by atoms with van der Waals surface area (Å²) >= 11 is 0. The fourth-order valence-corrected chi connectivity index (χ4v) is 2.14. The number of nitrogens with zero attached hydrogens (tertiary/aromatic N) is 2. The van der Waals surface area contributed by atoms with Gasteiger partial charge >= 0.3 is 12.1 Å². The Hall–Kier alpha value is -2.84. The van der Waals surface area contributed by atoms with Crippen LogP contribution in [0.3, 0.4) is 0 Å². The highest BCUT2D eigenvalue weighted by Gasteiger charge is 2.41. The maximum Gasteiger partial charge on any atom is 0.396 e. The molecule has 0 radical (unpaired) electrons. The second kappa shape index (κ2) is 7.16. The predicted octanol–water partition coefficient (Wildman–Crippen LogP) is 2.64. The van der Waals surface area contributed by atoms with Crippen molar-refractivity contribution in [3.8, 4) is 0 Å². The molecule has 0 fully saturated rings. The molecule has 1 aromatic heterocycles. The largest absolute Gasteiger partial charge is 0.480 e. The molecule has 1 unspecified atom stereocenters. The molecule has 0 saturated heterocycles. The molecule has 1 atom stereocenters. The van der Waals surface area contributed by atoms with Gasteiger partial charge in [-0.2, -0.15) is 18.3 Å². The monoisotopic (exact) mass is 341 g/mol. The smallest absolute Gasteiger partial charge is 0.396 e. The minimum absolute atomic E-state index is 0.00319. The number of amides is 1. The van der Waals surface area contributed by atoms with Crippen LogP contribution < -0.4 is 5.32 Å². The minimum atomic E-state index is -4.57. The van der Waals surface area contributed by atoms with Crippen molar-refractivity contribution in [3.63, 3.8) is 0 Å². The molecule has 1 heterocycles. The molecule has 128 valence electrons. The summed E-state index contributed by atoms with van der Waals surface area (Å²) < 4.78 is 40.6. The highest BCUT2D eigenvalue weighted by Crippen LogP contribution is 2.37. The standard InChI is InChI=1S/C15H14F3N3O3/c16-15(17,18)11(10-4-2-1-3-5-10)8-13(22)19-12-6-7-21(20-12)9-14(23)24/h1-7,11H,8-9H2,(H,23,24)(H,19,20,22). The molecule has 0 aliphatic rings. The second-order valence-corrected chi connectivity index (χ2v) is 5.05. The fraction of sp³-hybridized carbons (Fsp3) is 0.267. The van der Waals surface area contributed by atoms with E-state index in [0.29, 0.717) is 0 Å². The van der Waals surface area contributed by atoms with Crippen LogP contribution in [-0.2, 0) is 16.1 Å². The SMILES string of the molecule is O=C(O)Cn1ccc(NC(=O)CC(c2ccccc2)C(F)(F)F)n1. The van der Waals surface area contributed by atoms with E-state index in [4.69, 9.17) is 5.11 Å². The summed E-state index contributed by atoms with van der Waals surface area (Å²) in [4.78, 5) is 22.4.